The van der Waals surface area contributed by atoms with Crippen molar-refractivity contribution in [1.82, 2.24) is 10.2 Å². The first kappa shape index (κ1) is 17.2. The summed E-state index contributed by atoms with van der Waals surface area (Å²) in [4.78, 5) is 26.6. The topological polar surface area (TPSA) is 49.4 Å². The van der Waals surface area contributed by atoms with Crippen LogP contribution >= 0.6 is 0 Å². The van der Waals surface area contributed by atoms with E-state index in [2.05, 4.69) is 11.4 Å². The highest BCUT2D eigenvalue weighted by Crippen LogP contribution is 2.14. The van der Waals surface area contributed by atoms with Gasteiger partial charge in [-0.3, -0.25) is 9.59 Å². The number of nitrogens with one attached hydrogen (secondary N) is 1. The standard InChI is InChI=1S/C21H24N2O2/c1-16-6-5-7-17(14-16)15-20(24)23-12-10-19(11-13-23)22-21(25)18-8-3-2-4-9-18/h2-9,14,19H,10-13,15H2,1H3,(H,22,25). The zero-order chi connectivity index (χ0) is 17.6. The Morgan fingerprint density at radius 2 is 1.76 bits per heavy atom. The molecule has 0 unspecified atom stereocenters. The van der Waals surface area contributed by atoms with Crippen molar-refractivity contribution in [2.24, 2.45) is 0 Å². The minimum Gasteiger partial charge on any atom is -0.349 e. The number of nitrogens with zero attached hydrogens (tertiary/aromatic N) is 1. The molecule has 1 aliphatic rings. The van der Waals surface area contributed by atoms with Crippen molar-refractivity contribution in [3.8, 4) is 0 Å². The van der Waals surface area contributed by atoms with Crippen LogP contribution in [0.15, 0.2) is 54.6 Å². The number of aryl methyl sites for hydroxylation is 1. The van der Waals surface area contributed by atoms with Gasteiger partial charge in [-0.1, -0.05) is 48.0 Å². The molecule has 1 fully saturated rings. The van der Waals surface area contributed by atoms with E-state index in [9.17, 15) is 9.59 Å². The van der Waals surface area contributed by atoms with Crippen LogP contribution in [-0.4, -0.2) is 35.8 Å². The molecule has 0 aliphatic carbocycles. The highest BCUT2D eigenvalue weighted by atomic mass is 16.2. The minimum absolute atomic E-state index is 0.0369. The van der Waals surface area contributed by atoms with E-state index in [1.807, 2.05) is 60.4 Å². The number of hydrogen-bond acceptors (Lipinski definition) is 2. The van der Waals surface area contributed by atoms with Gasteiger partial charge in [0.2, 0.25) is 5.91 Å². The zero-order valence-corrected chi connectivity index (χ0v) is 14.6. The van der Waals surface area contributed by atoms with Crippen molar-refractivity contribution in [3.05, 3.63) is 71.3 Å². The van der Waals surface area contributed by atoms with Gasteiger partial charge < -0.3 is 10.2 Å². The van der Waals surface area contributed by atoms with Crippen molar-refractivity contribution in [2.75, 3.05) is 13.1 Å². The number of carbonyl (C=O) groups is 2. The van der Waals surface area contributed by atoms with Crippen LogP contribution in [0.1, 0.15) is 34.3 Å². The second kappa shape index (κ2) is 7.97. The average molecular weight is 336 g/mol. The van der Waals surface area contributed by atoms with E-state index in [-0.39, 0.29) is 17.9 Å². The van der Waals surface area contributed by atoms with Crippen molar-refractivity contribution >= 4 is 11.8 Å². The predicted molar refractivity (Wildman–Crippen MR) is 98.4 cm³/mol. The quantitative estimate of drug-likeness (QED) is 0.933. The second-order valence-electron chi connectivity index (χ2n) is 6.66. The number of carbonyl (C=O) groups excluding carboxylic acids is 2. The average Bonchev–Trinajstić information content (AvgIpc) is 2.63. The van der Waals surface area contributed by atoms with Gasteiger partial charge in [0.15, 0.2) is 0 Å². The van der Waals surface area contributed by atoms with Crippen molar-refractivity contribution in [1.29, 1.82) is 0 Å². The summed E-state index contributed by atoms with van der Waals surface area (Å²) in [6.45, 7) is 3.43. The van der Waals surface area contributed by atoms with Crippen molar-refractivity contribution < 1.29 is 9.59 Å². The fourth-order valence-corrected chi connectivity index (χ4v) is 3.24. The lowest BCUT2D eigenvalue weighted by atomic mass is 10.0. The van der Waals surface area contributed by atoms with Gasteiger partial charge in [-0.25, -0.2) is 0 Å². The Morgan fingerprint density at radius 1 is 1.04 bits per heavy atom. The van der Waals surface area contributed by atoms with E-state index in [4.69, 9.17) is 0 Å². The van der Waals surface area contributed by atoms with Gasteiger partial charge in [-0.2, -0.15) is 0 Å². The van der Waals surface area contributed by atoms with Gasteiger partial charge in [0.05, 0.1) is 6.42 Å². The Kier molecular flexibility index (Phi) is 5.49. The largest absolute Gasteiger partial charge is 0.349 e. The number of hydrogen-bond donors (Lipinski definition) is 1. The summed E-state index contributed by atoms with van der Waals surface area (Å²) >= 11 is 0. The first-order valence-corrected chi connectivity index (χ1v) is 8.81. The number of piperidine rings is 1. The third kappa shape index (κ3) is 4.69. The van der Waals surface area contributed by atoms with Crippen molar-refractivity contribution in [2.45, 2.75) is 32.2 Å². The van der Waals surface area contributed by atoms with Crippen LogP contribution < -0.4 is 5.32 Å². The molecule has 0 atom stereocenters. The fourth-order valence-electron chi connectivity index (χ4n) is 3.24. The number of rotatable bonds is 4. The van der Waals surface area contributed by atoms with Gasteiger partial charge in [0.1, 0.15) is 0 Å². The molecule has 0 bridgehead atoms. The lowest BCUT2D eigenvalue weighted by molar-refractivity contribution is -0.131. The Labute approximate surface area is 148 Å². The lowest BCUT2D eigenvalue weighted by Gasteiger charge is -2.32. The first-order chi connectivity index (χ1) is 12.1. The molecule has 25 heavy (non-hydrogen) atoms. The van der Waals surface area contributed by atoms with Crippen LogP contribution in [0.4, 0.5) is 0 Å². The summed E-state index contributed by atoms with van der Waals surface area (Å²) in [5.41, 5.74) is 2.91. The van der Waals surface area contributed by atoms with Crippen LogP contribution in [0.5, 0.6) is 0 Å². The van der Waals surface area contributed by atoms with Gasteiger partial charge in [0.25, 0.3) is 5.91 Å². The Hall–Kier alpha value is -2.62. The molecular formula is C21H24N2O2. The summed E-state index contributed by atoms with van der Waals surface area (Å²) in [6.07, 6.45) is 2.05. The zero-order valence-electron chi connectivity index (χ0n) is 14.6. The summed E-state index contributed by atoms with van der Waals surface area (Å²) < 4.78 is 0. The van der Waals surface area contributed by atoms with E-state index in [1.165, 1.54) is 5.56 Å². The molecule has 3 rings (SSSR count). The predicted octanol–water partition coefficient (Wildman–Crippen LogP) is 2.96. The molecule has 0 aromatic heterocycles. The Bertz CT molecular complexity index is 735. The molecular weight excluding hydrogens is 312 g/mol. The summed E-state index contributed by atoms with van der Waals surface area (Å²) in [6, 6.07) is 17.5. The monoisotopic (exact) mass is 336 g/mol. The first-order valence-electron chi connectivity index (χ1n) is 8.81. The molecule has 4 heteroatoms. The molecule has 0 saturated carbocycles. The van der Waals surface area contributed by atoms with Crippen molar-refractivity contribution in [3.63, 3.8) is 0 Å². The van der Waals surface area contributed by atoms with Gasteiger partial charge in [0, 0.05) is 24.7 Å². The molecule has 1 heterocycles. The van der Waals surface area contributed by atoms with Gasteiger partial charge >= 0.3 is 0 Å². The normalized spacial score (nSPS) is 15.0. The third-order valence-corrected chi connectivity index (χ3v) is 4.66. The number of benzene rings is 2. The van der Waals surface area contributed by atoms with Gasteiger partial charge in [-0.05, 0) is 37.5 Å². The van der Waals surface area contributed by atoms with Crippen LogP contribution in [0.25, 0.3) is 0 Å². The maximum atomic E-state index is 12.5. The second-order valence-corrected chi connectivity index (χ2v) is 6.66. The molecule has 0 radical (unpaired) electrons. The van der Waals surface area contributed by atoms with Crippen LogP contribution in [0.2, 0.25) is 0 Å². The summed E-state index contributed by atoms with van der Waals surface area (Å²) in [5, 5.41) is 3.07. The molecule has 2 aromatic rings. The minimum atomic E-state index is -0.0369. The summed E-state index contributed by atoms with van der Waals surface area (Å²) in [5.74, 6) is 0.128. The number of amides is 2. The SMILES string of the molecule is Cc1cccc(CC(=O)N2CCC(NC(=O)c3ccccc3)CC2)c1. The van der Waals surface area contributed by atoms with E-state index >= 15 is 0 Å². The molecule has 0 spiro atoms. The van der Waals surface area contributed by atoms with E-state index in [0.29, 0.717) is 25.1 Å². The summed E-state index contributed by atoms with van der Waals surface area (Å²) in [7, 11) is 0. The Balaban J connectivity index is 1.48. The highest BCUT2D eigenvalue weighted by molar-refractivity contribution is 5.94. The molecule has 2 aromatic carbocycles. The molecule has 4 nitrogen and oxygen atoms in total. The van der Waals surface area contributed by atoms with Crippen LogP contribution in [-0.2, 0) is 11.2 Å². The van der Waals surface area contributed by atoms with Crippen LogP contribution in [0.3, 0.4) is 0 Å². The Morgan fingerprint density at radius 3 is 2.44 bits per heavy atom. The molecule has 2 amide bonds. The van der Waals surface area contributed by atoms with Gasteiger partial charge in [-0.15, -0.1) is 0 Å². The molecule has 1 saturated heterocycles. The maximum absolute atomic E-state index is 12.5. The fraction of sp³-hybridized carbons (Fsp3) is 0.333. The van der Waals surface area contributed by atoms with E-state index < -0.39 is 0 Å². The highest BCUT2D eigenvalue weighted by Gasteiger charge is 2.24. The molecule has 130 valence electrons. The molecule has 1 aliphatic heterocycles. The molecule has 1 N–H and O–H groups in total. The number of likely N-dealkylation sites (tertiary alicyclic amines) is 1. The van der Waals surface area contributed by atoms with E-state index in [1.54, 1.807) is 0 Å². The third-order valence-electron chi connectivity index (χ3n) is 4.66. The lowest BCUT2D eigenvalue weighted by Crippen LogP contribution is -2.46. The van der Waals surface area contributed by atoms with Crippen LogP contribution in [0, 0.1) is 6.92 Å². The smallest absolute Gasteiger partial charge is 0.251 e. The van der Waals surface area contributed by atoms with E-state index in [0.717, 1.165) is 18.4 Å². The maximum Gasteiger partial charge on any atom is 0.251 e.